The highest BCUT2D eigenvalue weighted by Gasteiger charge is 2.34. The molecule has 7 nitrogen and oxygen atoms in total. The van der Waals surface area contributed by atoms with Gasteiger partial charge in [0, 0.05) is 50.0 Å². The van der Waals surface area contributed by atoms with E-state index in [1.54, 1.807) is 36.4 Å². The molecular formula is C26H32FN3O4. The Labute approximate surface area is 200 Å². The normalized spacial score (nSPS) is 18.9. The molecule has 3 atom stereocenters. The lowest BCUT2D eigenvalue weighted by Crippen LogP contribution is -2.49. The maximum atomic E-state index is 14.1. The number of benzene rings is 1. The molecule has 0 saturated heterocycles. The summed E-state index contributed by atoms with van der Waals surface area (Å²) in [5.41, 5.74) is 1.48. The Morgan fingerprint density at radius 3 is 2.88 bits per heavy atom. The summed E-state index contributed by atoms with van der Waals surface area (Å²) < 4.78 is 25.4. The number of carbonyl (C=O) groups excluding carboxylic acids is 1. The van der Waals surface area contributed by atoms with Crippen molar-refractivity contribution in [1.29, 1.82) is 0 Å². The van der Waals surface area contributed by atoms with Crippen molar-refractivity contribution in [1.82, 2.24) is 14.8 Å². The van der Waals surface area contributed by atoms with E-state index in [0.29, 0.717) is 36.3 Å². The van der Waals surface area contributed by atoms with Crippen LogP contribution in [0.2, 0.25) is 0 Å². The molecule has 0 saturated carbocycles. The van der Waals surface area contributed by atoms with Crippen molar-refractivity contribution in [2.75, 3.05) is 40.5 Å². The minimum Gasteiger partial charge on any atom is -0.472 e. The van der Waals surface area contributed by atoms with Crippen molar-refractivity contribution in [3.8, 4) is 17.7 Å². The second-order valence-electron chi connectivity index (χ2n) is 8.72. The maximum absolute atomic E-state index is 14.1. The van der Waals surface area contributed by atoms with Gasteiger partial charge in [-0.2, -0.15) is 0 Å². The summed E-state index contributed by atoms with van der Waals surface area (Å²) in [6.07, 6.45) is 1.26. The van der Waals surface area contributed by atoms with Crippen LogP contribution in [0, 0.1) is 23.6 Å². The zero-order chi connectivity index (χ0) is 24.7. The number of methoxy groups -OCH3 is 1. The zero-order valence-electron chi connectivity index (χ0n) is 20.1. The molecule has 1 aromatic carbocycles. The van der Waals surface area contributed by atoms with Crippen LogP contribution in [-0.2, 0) is 11.3 Å². The summed E-state index contributed by atoms with van der Waals surface area (Å²) >= 11 is 0. The lowest BCUT2D eigenvalue weighted by Gasteiger charge is -2.37. The fourth-order valence-electron chi connectivity index (χ4n) is 3.89. The van der Waals surface area contributed by atoms with E-state index in [0.717, 1.165) is 0 Å². The number of pyridine rings is 1. The molecule has 8 heteroatoms. The van der Waals surface area contributed by atoms with E-state index < -0.39 is 0 Å². The Morgan fingerprint density at radius 2 is 2.18 bits per heavy atom. The first-order chi connectivity index (χ1) is 16.3. The molecule has 0 unspecified atom stereocenters. The first kappa shape index (κ1) is 25.6. The summed E-state index contributed by atoms with van der Waals surface area (Å²) in [6.45, 7) is 5.24. The fourth-order valence-corrected chi connectivity index (χ4v) is 3.89. The molecule has 1 aromatic heterocycles. The molecule has 0 aliphatic carbocycles. The average molecular weight is 470 g/mol. The molecule has 0 spiro atoms. The Hall–Kier alpha value is -2.99. The third-order valence-corrected chi connectivity index (χ3v) is 5.86. The lowest BCUT2D eigenvalue weighted by molar-refractivity contribution is 0.0324. The lowest BCUT2D eigenvalue weighted by atomic mass is 9.99. The number of aliphatic hydroxyl groups excluding tert-OH is 1. The number of aliphatic hydroxyl groups is 1. The van der Waals surface area contributed by atoms with Crippen molar-refractivity contribution in [2.45, 2.75) is 32.5 Å². The minimum atomic E-state index is -0.374. The summed E-state index contributed by atoms with van der Waals surface area (Å²) in [5, 5.41) is 9.78. The quantitative estimate of drug-likeness (QED) is 0.629. The van der Waals surface area contributed by atoms with Crippen LogP contribution in [0.25, 0.3) is 0 Å². The number of amides is 1. The van der Waals surface area contributed by atoms with Gasteiger partial charge in [-0.05, 0) is 26.1 Å². The van der Waals surface area contributed by atoms with Crippen LogP contribution in [0.4, 0.5) is 4.39 Å². The number of carbonyl (C=O) groups is 1. The van der Waals surface area contributed by atoms with E-state index in [4.69, 9.17) is 9.47 Å². The highest BCUT2D eigenvalue weighted by Crippen LogP contribution is 2.27. The van der Waals surface area contributed by atoms with Gasteiger partial charge in [0.05, 0.1) is 12.6 Å². The van der Waals surface area contributed by atoms with Gasteiger partial charge in [-0.15, -0.1) is 0 Å². The smallest absolute Gasteiger partial charge is 0.259 e. The number of aromatic nitrogens is 1. The van der Waals surface area contributed by atoms with Crippen molar-refractivity contribution in [3.63, 3.8) is 0 Å². The molecular weight excluding hydrogens is 437 g/mol. The van der Waals surface area contributed by atoms with Gasteiger partial charge in [0.1, 0.15) is 24.1 Å². The summed E-state index contributed by atoms with van der Waals surface area (Å²) in [7, 11) is 3.47. The fraction of sp³-hybridized carbons (Fsp3) is 0.462. The highest BCUT2D eigenvalue weighted by atomic mass is 19.1. The molecule has 3 rings (SSSR count). The number of hydrogen-bond donors (Lipinski definition) is 1. The van der Waals surface area contributed by atoms with Gasteiger partial charge in [0.15, 0.2) is 0 Å². The molecule has 2 heterocycles. The highest BCUT2D eigenvalue weighted by molar-refractivity contribution is 5.97. The van der Waals surface area contributed by atoms with Crippen molar-refractivity contribution >= 4 is 5.91 Å². The Balaban J connectivity index is 1.90. The number of hydrogen-bond acceptors (Lipinski definition) is 6. The number of ether oxygens (including phenoxy) is 2. The van der Waals surface area contributed by atoms with E-state index in [1.165, 1.54) is 6.07 Å². The van der Waals surface area contributed by atoms with Gasteiger partial charge in [-0.25, -0.2) is 9.37 Å². The second kappa shape index (κ2) is 11.9. The largest absolute Gasteiger partial charge is 0.472 e. The molecule has 34 heavy (non-hydrogen) atoms. The van der Waals surface area contributed by atoms with E-state index in [2.05, 4.69) is 16.8 Å². The Bertz CT molecular complexity index is 1050. The molecule has 2 aromatic rings. The first-order valence-electron chi connectivity index (χ1n) is 11.3. The van der Waals surface area contributed by atoms with Crippen molar-refractivity contribution < 1.29 is 23.8 Å². The molecule has 1 amide bonds. The van der Waals surface area contributed by atoms with E-state index >= 15 is 0 Å². The SMILES string of the molecule is COCC#Cc1cnc2c(c1)C(=O)N([C@H](C)CO)C[C@H](C)[C@@H](CN(C)Cc1ccccc1F)O2. The summed E-state index contributed by atoms with van der Waals surface area (Å²) in [5.74, 6) is 5.46. The van der Waals surface area contributed by atoms with Crippen LogP contribution in [0.1, 0.15) is 35.3 Å². The second-order valence-corrected chi connectivity index (χ2v) is 8.72. The molecule has 1 aliphatic heterocycles. The molecule has 0 bridgehead atoms. The Kier molecular flexibility index (Phi) is 8.99. The molecule has 0 radical (unpaired) electrons. The van der Waals surface area contributed by atoms with Gasteiger partial charge in [-0.3, -0.25) is 9.69 Å². The monoisotopic (exact) mass is 469 g/mol. The van der Waals surface area contributed by atoms with Crippen molar-refractivity contribution in [2.24, 2.45) is 5.92 Å². The first-order valence-corrected chi connectivity index (χ1v) is 11.3. The third-order valence-electron chi connectivity index (χ3n) is 5.86. The van der Waals surface area contributed by atoms with Crippen LogP contribution in [-0.4, -0.2) is 78.4 Å². The predicted octanol–water partition coefficient (Wildman–Crippen LogP) is 2.57. The van der Waals surface area contributed by atoms with E-state index in [1.807, 2.05) is 31.9 Å². The minimum absolute atomic E-state index is 0.0582. The van der Waals surface area contributed by atoms with Crippen LogP contribution in [0.3, 0.4) is 0 Å². The topological polar surface area (TPSA) is 75.1 Å². The number of nitrogens with zero attached hydrogens (tertiary/aromatic N) is 3. The average Bonchev–Trinajstić information content (AvgIpc) is 2.82. The number of halogens is 1. The molecule has 1 N–H and O–H groups in total. The van der Waals surface area contributed by atoms with Crippen LogP contribution < -0.4 is 4.74 Å². The Morgan fingerprint density at radius 1 is 1.41 bits per heavy atom. The van der Waals surface area contributed by atoms with Crippen LogP contribution in [0.15, 0.2) is 36.5 Å². The maximum Gasteiger partial charge on any atom is 0.259 e. The van der Waals surface area contributed by atoms with E-state index in [9.17, 15) is 14.3 Å². The molecule has 182 valence electrons. The van der Waals surface area contributed by atoms with Gasteiger partial charge >= 0.3 is 0 Å². The number of rotatable bonds is 7. The number of likely N-dealkylation sites (N-methyl/N-ethyl adjacent to an activating group) is 1. The third kappa shape index (κ3) is 6.32. The molecule has 0 fully saturated rings. The standard InChI is InChI=1S/C26H32FN3O4/c1-18-14-30(19(2)17-31)26(32)22-12-20(8-7-11-33-4)13-28-25(22)34-24(18)16-29(3)15-21-9-5-6-10-23(21)27/h5-6,9-10,12-13,18-19,24,31H,11,14-17H2,1-4H3/t18-,19+,24+/m0/s1. The summed E-state index contributed by atoms with van der Waals surface area (Å²) in [6, 6.07) is 7.99. The van der Waals surface area contributed by atoms with Crippen LogP contribution in [0.5, 0.6) is 5.88 Å². The number of fused-ring (bicyclic) bond motifs is 1. The van der Waals surface area contributed by atoms with Gasteiger partial charge < -0.3 is 19.5 Å². The van der Waals surface area contributed by atoms with Gasteiger partial charge in [-0.1, -0.05) is 37.0 Å². The zero-order valence-corrected chi connectivity index (χ0v) is 20.1. The van der Waals surface area contributed by atoms with Crippen molar-refractivity contribution in [3.05, 3.63) is 59.0 Å². The van der Waals surface area contributed by atoms with Gasteiger partial charge in [0.25, 0.3) is 5.91 Å². The summed E-state index contributed by atoms with van der Waals surface area (Å²) in [4.78, 5) is 21.5. The van der Waals surface area contributed by atoms with Gasteiger partial charge in [0.2, 0.25) is 5.88 Å². The van der Waals surface area contributed by atoms with Crippen LogP contribution >= 0.6 is 0 Å². The van der Waals surface area contributed by atoms with E-state index in [-0.39, 0.29) is 48.9 Å². The predicted molar refractivity (Wildman–Crippen MR) is 127 cm³/mol. The molecule has 1 aliphatic rings.